The maximum Gasteiger partial charge on any atom is 0.303 e. The molecular weight excluding hydrogens is 498 g/mol. The highest BCUT2D eigenvalue weighted by Crippen LogP contribution is 2.37. The molecule has 0 radical (unpaired) electrons. The quantitative estimate of drug-likeness (QED) is 0.372. The van der Waals surface area contributed by atoms with Gasteiger partial charge in [-0.3, -0.25) is 14.6 Å². The number of esters is 1. The van der Waals surface area contributed by atoms with Crippen LogP contribution >= 0.6 is 0 Å². The molecule has 6 rings (SSSR count). The minimum Gasteiger partial charge on any atom is -0.456 e. The minimum absolute atomic E-state index is 0.207. The number of fused-ring (bicyclic) bond motifs is 4. The third-order valence-corrected chi connectivity index (χ3v) is 7.73. The zero-order chi connectivity index (χ0) is 26.9. The fourth-order valence-corrected chi connectivity index (χ4v) is 5.70. The number of nitrogens with one attached hydrogen (secondary N) is 1. The van der Waals surface area contributed by atoms with Crippen molar-refractivity contribution < 1.29 is 19.1 Å². The highest BCUT2D eigenvalue weighted by molar-refractivity contribution is 6.06. The second-order valence-electron chi connectivity index (χ2n) is 10.1. The molecule has 0 unspecified atom stereocenters. The van der Waals surface area contributed by atoms with Crippen molar-refractivity contribution in [3.63, 3.8) is 0 Å². The molecular formula is C28H31N7O4. The summed E-state index contributed by atoms with van der Waals surface area (Å²) in [6.07, 6.45) is 10.6. The number of carbonyl (C=O) groups excluding carboxylic acids is 2. The van der Waals surface area contributed by atoms with E-state index in [4.69, 9.17) is 19.4 Å². The van der Waals surface area contributed by atoms with Crippen LogP contribution in [0.3, 0.4) is 0 Å². The molecule has 0 atom stereocenters. The maximum absolute atomic E-state index is 12.4. The summed E-state index contributed by atoms with van der Waals surface area (Å²) in [5.74, 6) is 0.458. The summed E-state index contributed by atoms with van der Waals surface area (Å²) in [6.45, 7) is 2.01. The number of aromatic nitrogens is 5. The predicted molar refractivity (Wildman–Crippen MR) is 144 cm³/mol. The number of pyridine rings is 2. The molecule has 4 aromatic heterocycles. The number of carbonyl (C=O) groups is 2. The highest BCUT2D eigenvalue weighted by atomic mass is 16.5. The average Bonchev–Trinajstić information content (AvgIpc) is 3.29. The Balaban J connectivity index is 1.25. The first-order chi connectivity index (χ1) is 19.0. The largest absolute Gasteiger partial charge is 0.456 e. The van der Waals surface area contributed by atoms with Crippen molar-refractivity contribution in [2.24, 2.45) is 0 Å². The van der Waals surface area contributed by atoms with Crippen LogP contribution in [-0.4, -0.2) is 67.6 Å². The van der Waals surface area contributed by atoms with Gasteiger partial charge in [-0.1, -0.05) is 6.07 Å². The molecule has 1 N–H and O–H groups in total. The Hall–Kier alpha value is -4.12. The van der Waals surface area contributed by atoms with Gasteiger partial charge in [0.1, 0.15) is 11.5 Å². The molecule has 1 amide bonds. The van der Waals surface area contributed by atoms with E-state index in [9.17, 15) is 9.59 Å². The lowest BCUT2D eigenvalue weighted by Crippen LogP contribution is -2.38. The van der Waals surface area contributed by atoms with Crippen LogP contribution < -0.4 is 5.32 Å². The molecule has 0 saturated heterocycles. The normalized spacial score (nSPS) is 19.2. The number of ether oxygens (including phenoxy) is 2. The van der Waals surface area contributed by atoms with Gasteiger partial charge < -0.3 is 24.3 Å². The number of hydrogen-bond donors (Lipinski definition) is 1. The topological polar surface area (TPSA) is 124 Å². The van der Waals surface area contributed by atoms with Crippen molar-refractivity contribution in [2.45, 2.75) is 57.7 Å². The van der Waals surface area contributed by atoms with Crippen LogP contribution in [0.15, 0.2) is 36.8 Å². The minimum atomic E-state index is -0.464. The SMILES string of the molecule is COC1CCC(n2c3cnccc3c3cnc(Nc4ccc5c(n4)CCN(C(=O)COC(C)=O)C5)nc32)CC1. The Morgan fingerprint density at radius 1 is 1.08 bits per heavy atom. The van der Waals surface area contributed by atoms with Gasteiger partial charge in [0.05, 0.1) is 17.8 Å². The van der Waals surface area contributed by atoms with E-state index in [1.807, 2.05) is 36.8 Å². The van der Waals surface area contributed by atoms with E-state index >= 15 is 0 Å². The molecule has 0 spiro atoms. The van der Waals surface area contributed by atoms with Crippen molar-refractivity contribution in [3.05, 3.63) is 48.0 Å². The first-order valence-corrected chi connectivity index (χ1v) is 13.3. The molecule has 0 aromatic carbocycles. The van der Waals surface area contributed by atoms with Crippen molar-refractivity contribution in [1.82, 2.24) is 29.4 Å². The molecule has 4 aromatic rings. The Labute approximate surface area is 225 Å². The summed E-state index contributed by atoms with van der Waals surface area (Å²) >= 11 is 0. The van der Waals surface area contributed by atoms with Crippen LogP contribution in [0, 0.1) is 0 Å². The summed E-state index contributed by atoms with van der Waals surface area (Å²) in [6, 6.07) is 6.18. The number of nitrogens with zero attached hydrogens (tertiary/aromatic N) is 6. The van der Waals surface area contributed by atoms with Gasteiger partial charge in [0.2, 0.25) is 5.95 Å². The Morgan fingerprint density at radius 3 is 2.72 bits per heavy atom. The summed E-state index contributed by atoms with van der Waals surface area (Å²) in [5, 5.41) is 5.38. The number of methoxy groups -OCH3 is 1. The van der Waals surface area contributed by atoms with Gasteiger partial charge >= 0.3 is 5.97 Å². The number of hydrogen-bond acceptors (Lipinski definition) is 9. The molecule has 11 nitrogen and oxygen atoms in total. The van der Waals surface area contributed by atoms with Crippen molar-refractivity contribution in [2.75, 3.05) is 25.6 Å². The molecule has 2 aliphatic rings. The van der Waals surface area contributed by atoms with Gasteiger partial charge in [-0.2, -0.15) is 4.98 Å². The third-order valence-electron chi connectivity index (χ3n) is 7.73. The van der Waals surface area contributed by atoms with E-state index < -0.39 is 5.97 Å². The Kier molecular flexibility index (Phi) is 6.82. The summed E-state index contributed by atoms with van der Waals surface area (Å²) in [7, 11) is 1.79. The molecule has 0 bridgehead atoms. The summed E-state index contributed by atoms with van der Waals surface area (Å²) in [4.78, 5) is 43.8. The van der Waals surface area contributed by atoms with E-state index in [1.165, 1.54) is 6.92 Å². The second-order valence-corrected chi connectivity index (χ2v) is 10.1. The molecule has 11 heteroatoms. The number of amides is 1. The fraction of sp³-hybridized carbons (Fsp3) is 0.429. The average molecular weight is 530 g/mol. The van der Waals surface area contributed by atoms with Crippen LogP contribution in [0.25, 0.3) is 21.9 Å². The second kappa shape index (κ2) is 10.6. The standard InChI is InChI=1S/C28H31N7O4/c1-17(36)39-16-26(37)34-12-10-23-18(15-34)3-8-25(31-23)32-28-30-13-22-21-9-11-29-14-24(21)35(27(22)33-28)19-4-6-20(38-2)7-5-19/h3,8-9,11,13-14,19-20H,4-7,10,12,15-16H2,1-2H3,(H,30,31,32,33). The first-order valence-electron chi connectivity index (χ1n) is 13.3. The predicted octanol–water partition coefficient (Wildman–Crippen LogP) is 3.70. The van der Waals surface area contributed by atoms with E-state index in [2.05, 4.69) is 19.9 Å². The number of anilines is 2. The number of rotatable bonds is 6. The van der Waals surface area contributed by atoms with Gasteiger partial charge in [0, 0.05) is 68.4 Å². The van der Waals surface area contributed by atoms with Gasteiger partial charge in [-0.15, -0.1) is 0 Å². The van der Waals surface area contributed by atoms with Gasteiger partial charge in [-0.25, -0.2) is 9.97 Å². The lowest BCUT2D eigenvalue weighted by molar-refractivity contribution is -0.150. The first kappa shape index (κ1) is 25.2. The molecule has 1 aliphatic heterocycles. The van der Waals surface area contributed by atoms with Crippen LogP contribution in [-0.2, 0) is 32.0 Å². The monoisotopic (exact) mass is 529 g/mol. The van der Waals surface area contributed by atoms with E-state index in [1.54, 1.807) is 12.0 Å². The van der Waals surface area contributed by atoms with Crippen molar-refractivity contribution in [1.29, 1.82) is 0 Å². The van der Waals surface area contributed by atoms with Gasteiger partial charge in [0.25, 0.3) is 5.91 Å². The molecule has 5 heterocycles. The lowest BCUT2D eigenvalue weighted by Gasteiger charge is -2.29. The third kappa shape index (κ3) is 5.01. The van der Waals surface area contributed by atoms with Crippen molar-refractivity contribution in [3.8, 4) is 0 Å². The fourth-order valence-electron chi connectivity index (χ4n) is 5.70. The summed E-state index contributed by atoms with van der Waals surface area (Å²) in [5.41, 5.74) is 3.85. The lowest BCUT2D eigenvalue weighted by atomic mass is 9.92. The Morgan fingerprint density at radius 2 is 1.92 bits per heavy atom. The van der Waals surface area contributed by atoms with Crippen molar-refractivity contribution >= 4 is 45.6 Å². The van der Waals surface area contributed by atoms with Gasteiger partial charge in [0.15, 0.2) is 6.61 Å². The summed E-state index contributed by atoms with van der Waals surface area (Å²) < 4.78 is 12.8. The zero-order valence-electron chi connectivity index (χ0n) is 22.1. The Bertz CT molecular complexity index is 1540. The smallest absolute Gasteiger partial charge is 0.303 e. The van der Waals surface area contributed by atoms with Crippen LogP contribution in [0.5, 0.6) is 0 Å². The van der Waals surface area contributed by atoms with Crippen LogP contribution in [0.4, 0.5) is 11.8 Å². The highest BCUT2D eigenvalue weighted by Gasteiger charge is 2.26. The van der Waals surface area contributed by atoms with E-state index in [0.29, 0.717) is 43.4 Å². The van der Waals surface area contributed by atoms with E-state index in [-0.39, 0.29) is 12.5 Å². The van der Waals surface area contributed by atoms with Crippen LogP contribution in [0.2, 0.25) is 0 Å². The molecule has 39 heavy (non-hydrogen) atoms. The van der Waals surface area contributed by atoms with Gasteiger partial charge in [-0.05, 0) is 43.4 Å². The zero-order valence-corrected chi connectivity index (χ0v) is 22.1. The molecule has 1 saturated carbocycles. The molecule has 1 fully saturated rings. The molecule has 202 valence electrons. The molecule has 1 aliphatic carbocycles. The van der Waals surface area contributed by atoms with Crippen LogP contribution in [0.1, 0.15) is 49.9 Å². The van der Waals surface area contributed by atoms with E-state index in [0.717, 1.165) is 58.9 Å². The maximum atomic E-state index is 12.4.